The Morgan fingerprint density at radius 3 is 2.76 bits per heavy atom. The molecule has 2 unspecified atom stereocenters. The fraction of sp³-hybridized carbons (Fsp3) is 1.00. The summed E-state index contributed by atoms with van der Waals surface area (Å²) >= 11 is 0. The molecule has 0 radical (unpaired) electrons. The van der Waals surface area contributed by atoms with Gasteiger partial charge < -0.3 is 10.5 Å². The first kappa shape index (κ1) is 14.8. The van der Waals surface area contributed by atoms with E-state index in [0.717, 1.165) is 25.7 Å². The average Bonchev–Trinajstić information content (AvgIpc) is 2.27. The highest BCUT2D eigenvalue weighted by Gasteiger charge is 2.20. The van der Waals surface area contributed by atoms with Crippen LogP contribution in [0.3, 0.4) is 0 Å². The van der Waals surface area contributed by atoms with Crippen LogP contribution in [0.1, 0.15) is 25.7 Å². The van der Waals surface area contributed by atoms with Gasteiger partial charge in [0, 0.05) is 26.2 Å². The van der Waals surface area contributed by atoms with E-state index in [9.17, 15) is 8.42 Å². The quantitative estimate of drug-likeness (QED) is 0.545. The second-order valence-electron chi connectivity index (χ2n) is 4.53. The molecule has 0 aromatic rings. The number of ether oxygens (including phenoxy) is 1. The van der Waals surface area contributed by atoms with Crippen LogP contribution in [0.2, 0.25) is 0 Å². The maximum absolute atomic E-state index is 11.5. The van der Waals surface area contributed by atoms with Gasteiger partial charge in [0.05, 0.1) is 6.61 Å². The molecule has 1 rings (SSSR count). The lowest BCUT2D eigenvalue weighted by Gasteiger charge is -2.26. The van der Waals surface area contributed by atoms with E-state index in [0.29, 0.717) is 19.1 Å². The molecule has 0 bridgehead atoms. The lowest BCUT2D eigenvalue weighted by Crippen LogP contribution is -2.42. The van der Waals surface area contributed by atoms with Crippen LogP contribution in [0, 0.1) is 5.92 Å². The lowest BCUT2D eigenvalue weighted by atomic mass is 9.86. The third kappa shape index (κ3) is 6.32. The molecular weight excluding hydrogens is 242 g/mol. The standard InChI is InChI=1S/C10H23N3O3S/c1-16-6-5-12-17(14,15)13-8-9-3-2-4-10(11)7-9/h9-10,12-13H,2-8,11H2,1H3. The zero-order valence-corrected chi connectivity index (χ0v) is 11.1. The molecule has 1 saturated carbocycles. The molecule has 0 saturated heterocycles. The zero-order valence-electron chi connectivity index (χ0n) is 10.3. The normalized spacial score (nSPS) is 26.0. The van der Waals surface area contributed by atoms with Gasteiger partial charge in [0.2, 0.25) is 0 Å². The van der Waals surface area contributed by atoms with Gasteiger partial charge in [0.1, 0.15) is 0 Å². The van der Waals surface area contributed by atoms with E-state index in [4.69, 9.17) is 10.5 Å². The Morgan fingerprint density at radius 2 is 2.12 bits per heavy atom. The van der Waals surface area contributed by atoms with Crippen LogP contribution in [-0.2, 0) is 14.9 Å². The molecule has 0 amide bonds. The number of hydrogen-bond acceptors (Lipinski definition) is 4. The Morgan fingerprint density at radius 1 is 1.35 bits per heavy atom. The van der Waals surface area contributed by atoms with Crippen LogP contribution in [0.4, 0.5) is 0 Å². The van der Waals surface area contributed by atoms with Crippen LogP contribution in [0.25, 0.3) is 0 Å². The topological polar surface area (TPSA) is 93.4 Å². The molecular formula is C10H23N3O3S. The predicted molar refractivity (Wildman–Crippen MR) is 66.7 cm³/mol. The number of nitrogens with two attached hydrogens (primary N) is 1. The highest BCUT2D eigenvalue weighted by atomic mass is 32.2. The van der Waals surface area contributed by atoms with Gasteiger partial charge in [-0.2, -0.15) is 13.1 Å². The highest BCUT2D eigenvalue weighted by Crippen LogP contribution is 2.22. The highest BCUT2D eigenvalue weighted by molar-refractivity contribution is 7.87. The molecule has 0 aliphatic heterocycles. The van der Waals surface area contributed by atoms with Gasteiger partial charge >= 0.3 is 0 Å². The van der Waals surface area contributed by atoms with Crippen molar-refractivity contribution in [3.63, 3.8) is 0 Å². The van der Waals surface area contributed by atoms with Gasteiger partial charge in [-0.05, 0) is 25.2 Å². The molecule has 102 valence electrons. The Kier molecular flexibility index (Phi) is 6.35. The summed E-state index contributed by atoms with van der Waals surface area (Å²) < 4.78 is 32.8. The van der Waals surface area contributed by atoms with Crippen molar-refractivity contribution in [3.05, 3.63) is 0 Å². The van der Waals surface area contributed by atoms with Crippen molar-refractivity contribution >= 4 is 10.2 Å². The first-order valence-corrected chi connectivity index (χ1v) is 7.50. The Labute approximate surface area is 103 Å². The summed E-state index contributed by atoms with van der Waals surface area (Å²) in [6.45, 7) is 1.13. The van der Waals surface area contributed by atoms with E-state index in [1.165, 1.54) is 7.11 Å². The summed E-state index contributed by atoms with van der Waals surface area (Å²) in [5.74, 6) is 0.359. The molecule has 1 aliphatic rings. The molecule has 7 heteroatoms. The van der Waals surface area contributed by atoms with Crippen molar-refractivity contribution in [2.75, 3.05) is 26.8 Å². The van der Waals surface area contributed by atoms with Gasteiger partial charge in [0.25, 0.3) is 10.2 Å². The van der Waals surface area contributed by atoms with E-state index in [1.54, 1.807) is 0 Å². The summed E-state index contributed by atoms with van der Waals surface area (Å²) in [5, 5.41) is 0. The Balaban J connectivity index is 2.23. The van der Waals surface area contributed by atoms with Crippen LogP contribution in [0.5, 0.6) is 0 Å². The average molecular weight is 265 g/mol. The summed E-state index contributed by atoms with van der Waals surface area (Å²) in [6.07, 6.45) is 4.09. The van der Waals surface area contributed by atoms with Gasteiger partial charge in [-0.15, -0.1) is 0 Å². The van der Waals surface area contributed by atoms with Crippen molar-refractivity contribution in [1.82, 2.24) is 9.44 Å². The SMILES string of the molecule is COCCNS(=O)(=O)NCC1CCCC(N)C1. The summed E-state index contributed by atoms with van der Waals surface area (Å²) in [6, 6.07) is 0.222. The molecule has 17 heavy (non-hydrogen) atoms. The van der Waals surface area contributed by atoms with E-state index in [1.807, 2.05) is 0 Å². The first-order chi connectivity index (χ1) is 8.03. The number of rotatable bonds is 7. The van der Waals surface area contributed by atoms with Crippen molar-refractivity contribution in [2.45, 2.75) is 31.7 Å². The summed E-state index contributed by atoms with van der Waals surface area (Å²) in [4.78, 5) is 0. The number of methoxy groups -OCH3 is 1. The molecule has 6 nitrogen and oxygen atoms in total. The minimum absolute atomic E-state index is 0.222. The second kappa shape index (κ2) is 7.27. The van der Waals surface area contributed by atoms with Crippen LogP contribution < -0.4 is 15.2 Å². The van der Waals surface area contributed by atoms with Crippen LogP contribution in [0.15, 0.2) is 0 Å². The molecule has 0 aromatic carbocycles. The number of nitrogens with one attached hydrogen (secondary N) is 2. The first-order valence-electron chi connectivity index (χ1n) is 6.02. The minimum Gasteiger partial charge on any atom is -0.383 e. The maximum Gasteiger partial charge on any atom is 0.276 e. The third-order valence-corrected chi connectivity index (χ3v) is 4.11. The van der Waals surface area contributed by atoms with E-state index in [2.05, 4.69) is 9.44 Å². The molecule has 4 N–H and O–H groups in total. The van der Waals surface area contributed by atoms with Crippen molar-refractivity contribution in [1.29, 1.82) is 0 Å². The van der Waals surface area contributed by atoms with Crippen LogP contribution >= 0.6 is 0 Å². The monoisotopic (exact) mass is 265 g/mol. The smallest absolute Gasteiger partial charge is 0.276 e. The van der Waals surface area contributed by atoms with Gasteiger partial charge in [-0.3, -0.25) is 0 Å². The molecule has 0 heterocycles. The van der Waals surface area contributed by atoms with Gasteiger partial charge in [-0.25, -0.2) is 4.72 Å². The number of hydrogen-bond donors (Lipinski definition) is 3. The molecule has 0 aromatic heterocycles. The third-order valence-electron chi connectivity index (χ3n) is 2.98. The zero-order chi connectivity index (χ0) is 12.7. The molecule has 1 fully saturated rings. The maximum atomic E-state index is 11.5. The fourth-order valence-corrected chi connectivity index (χ4v) is 2.98. The second-order valence-corrected chi connectivity index (χ2v) is 6.12. The van der Waals surface area contributed by atoms with Crippen molar-refractivity contribution in [3.8, 4) is 0 Å². The minimum atomic E-state index is -3.39. The lowest BCUT2D eigenvalue weighted by molar-refractivity contribution is 0.204. The Hall–Kier alpha value is -0.210. The van der Waals surface area contributed by atoms with Crippen molar-refractivity contribution in [2.24, 2.45) is 11.7 Å². The Bertz CT molecular complexity index is 308. The fourth-order valence-electron chi connectivity index (χ4n) is 2.07. The largest absolute Gasteiger partial charge is 0.383 e. The van der Waals surface area contributed by atoms with E-state index >= 15 is 0 Å². The molecule has 2 atom stereocenters. The van der Waals surface area contributed by atoms with Crippen LogP contribution in [-0.4, -0.2) is 41.3 Å². The summed E-state index contributed by atoms with van der Waals surface area (Å²) in [5.41, 5.74) is 5.85. The summed E-state index contributed by atoms with van der Waals surface area (Å²) in [7, 11) is -1.86. The molecule has 1 aliphatic carbocycles. The van der Waals surface area contributed by atoms with E-state index in [-0.39, 0.29) is 12.6 Å². The van der Waals surface area contributed by atoms with Gasteiger partial charge in [-0.1, -0.05) is 6.42 Å². The van der Waals surface area contributed by atoms with E-state index < -0.39 is 10.2 Å². The predicted octanol–water partition coefficient (Wildman–Crippen LogP) is -0.426. The van der Waals surface area contributed by atoms with Crippen molar-refractivity contribution < 1.29 is 13.2 Å². The molecule has 0 spiro atoms. The van der Waals surface area contributed by atoms with Gasteiger partial charge in [0.15, 0.2) is 0 Å².